The van der Waals surface area contributed by atoms with Gasteiger partial charge in [0.2, 0.25) is 5.91 Å². The highest BCUT2D eigenvalue weighted by Gasteiger charge is 2.23. The van der Waals surface area contributed by atoms with Gasteiger partial charge in [0.1, 0.15) is 0 Å². The van der Waals surface area contributed by atoms with Gasteiger partial charge in [0, 0.05) is 19.6 Å². The number of nitrogens with zero attached hydrogens (tertiary/aromatic N) is 2. The highest BCUT2D eigenvalue weighted by Crippen LogP contribution is 2.17. The van der Waals surface area contributed by atoms with Gasteiger partial charge in [0.05, 0.1) is 6.54 Å². The fraction of sp³-hybridized carbons (Fsp3) is 0.938. The second-order valence-electron chi connectivity index (χ2n) is 6.58. The molecule has 2 saturated heterocycles. The third kappa shape index (κ3) is 4.74. The van der Waals surface area contributed by atoms with Crippen molar-refractivity contribution in [3.8, 4) is 0 Å². The summed E-state index contributed by atoms with van der Waals surface area (Å²) in [5.74, 6) is 1.90. The van der Waals surface area contributed by atoms with Crippen LogP contribution in [0.1, 0.15) is 39.5 Å². The molecule has 1 N–H and O–H groups in total. The minimum absolute atomic E-state index is 0.340. The standard InChI is InChI=1S/C16H31N3O/c1-3-18(12-15-4-8-17-9-5-15)13-16(20)19-10-6-14(2)7-11-19/h14-15,17H,3-13H2,1-2H3. The van der Waals surface area contributed by atoms with Crippen LogP contribution in [0.4, 0.5) is 0 Å². The number of rotatable bonds is 5. The topological polar surface area (TPSA) is 35.6 Å². The molecule has 0 aliphatic carbocycles. The number of carbonyl (C=O) groups excluding carboxylic acids is 1. The van der Waals surface area contributed by atoms with Crippen LogP contribution >= 0.6 is 0 Å². The molecule has 2 fully saturated rings. The minimum Gasteiger partial charge on any atom is -0.342 e. The highest BCUT2D eigenvalue weighted by atomic mass is 16.2. The van der Waals surface area contributed by atoms with Crippen LogP contribution in [0.15, 0.2) is 0 Å². The fourth-order valence-electron chi connectivity index (χ4n) is 3.28. The lowest BCUT2D eigenvalue weighted by atomic mass is 9.97. The fourth-order valence-corrected chi connectivity index (χ4v) is 3.28. The van der Waals surface area contributed by atoms with Crippen LogP contribution in [-0.4, -0.2) is 61.5 Å². The van der Waals surface area contributed by atoms with Gasteiger partial charge < -0.3 is 10.2 Å². The van der Waals surface area contributed by atoms with Crippen molar-refractivity contribution in [1.82, 2.24) is 15.1 Å². The van der Waals surface area contributed by atoms with Gasteiger partial charge in [0.15, 0.2) is 0 Å². The number of amides is 1. The molecule has 20 heavy (non-hydrogen) atoms. The summed E-state index contributed by atoms with van der Waals surface area (Å²) in [5, 5.41) is 3.41. The first kappa shape index (κ1) is 15.8. The molecule has 2 heterocycles. The molecule has 116 valence electrons. The van der Waals surface area contributed by atoms with Crippen LogP contribution < -0.4 is 5.32 Å². The van der Waals surface area contributed by atoms with Crippen molar-refractivity contribution in [3.05, 3.63) is 0 Å². The molecule has 0 radical (unpaired) electrons. The number of hydrogen-bond acceptors (Lipinski definition) is 3. The van der Waals surface area contributed by atoms with Crippen molar-refractivity contribution in [2.75, 3.05) is 45.8 Å². The first-order chi connectivity index (χ1) is 9.69. The molecular formula is C16H31N3O. The van der Waals surface area contributed by atoms with E-state index in [1.165, 1.54) is 25.7 Å². The van der Waals surface area contributed by atoms with Crippen molar-refractivity contribution in [1.29, 1.82) is 0 Å². The van der Waals surface area contributed by atoms with Crippen LogP contribution in [0.25, 0.3) is 0 Å². The summed E-state index contributed by atoms with van der Waals surface area (Å²) in [4.78, 5) is 16.8. The van der Waals surface area contributed by atoms with E-state index in [0.29, 0.717) is 12.5 Å². The van der Waals surface area contributed by atoms with Crippen LogP contribution in [0, 0.1) is 11.8 Å². The van der Waals surface area contributed by atoms with E-state index >= 15 is 0 Å². The molecule has 0 aromatic heterocycles. The van der Waals surface area contributed by atoms with Crippen molar-refractivity contribution in [2.24, 2.45) is 11.8 Å². The van der Waals surface area contributed by atoms with Crippen molar-refractivity contribution < 1.29 is 4.79 Å². The Hall–Kier alpha value is -0.610. The average molecular weight is 281 g/mol. The van der Waals surface area contributed by atoms with E-state index < -0.39 is 0 Å². The van der Waals surface area contributed by atoms with E-state index in [0.717, 1.165) is 51.1 Å². The molecular weight excluding hydrogens is 250 g/mol. The van der Waals surface area contributed by atoms with E-state index in [1.807, 2.05) is 0 Å². The molecule has 2 aliphatic heterocycles. The Kier molecular flexibility index (Phi) is 6.30. The normalized spacial score (nSPS) is 22.4. The largest absolute Gasteiger partial charge is 0.342 e. The third-order valence-corrected chi connectivity index (χ3v) is 4.92. The Morgan fingerprint density at radius 1 is 1.20 bits per heavy atom. The Morgan fingerprint density at radius 3 is 2.45 bits per heavy atom. The molecule has 0 unspecified atom stereocenters. The Balaban J connectivity index is 1.75. The first-order valence-electron chi connectivity index (χ1n) is 8.40. The minimum atomic E-state index is 0.340. The molecule has 0 bridgehead atoms. The first-order valence-corrected chi connectivity index (χ1v) is 8.40. The van der Waals surface area contributed by atoms with Crippen molar-refractivity contribution in [3.63, 3.8) is 0 Å². The molecule has 0 aromatic rings. The molecule has 2 rings (SSSR count). The van der Waals surface area contributed by atoms with Crippen molar-refractivity contribution >= 4 is 5.91 Å². The summed E-state index contributed by atoms with van der Waals surface area (Å²) in [6.45, 7) is 11.4. The number of carbonyl (C=O) groups is 1. The molecule has 4 heteroatoms. The lowest BCUT2D eigenvalue weighted by Gasteiger charge is -2.33. The lowest BCUT2D eigenvalue weighted by Crippen LogP contribution is -2.45. The summed E-state index contributed by atoms with van der Waals surface area (Å²) in [7, 11) is 0. The second kappa shape index (κ2) is 7.99. The SMILES string of the molecule is CCN(CC(=O)N1CCC(C)CC1)CC1CCNCC1. The maximum atomic E-state index is 12.4. The van der Waals surface area contributed by atoms with E-state index in [-0.39, 0.29) is 0 Å². The molecule has 1 amide bonds. The molecule has 4 nitrogen and oxygen atoms in total. The van der Waals surface area contributed by atoms with Gasteiger partial charge in [-0.05, 0) is 57.2 Å². The summed E-state index contributed by atoms with van der Waals surface area (Å²) in [6, 6.07) is 0. The zero-order valence-electron chi connectivity index (χ0n) is 13.2. The number of likely N-dealkylation sites (tertiary alicyclic amines) is 1. The van der Waals surface area contributed by atoms with Crippen molar-refractivity contribution in [2.45, 2.75) is 39.5 Å². The van der Waals surface area contributed by atoms with Crippen LogP contribution in [-0.2, 0) is 4.79 Å². The maximum absolute atomic E-state index is 12.4. The third-order valence-electron chi connectivity index (χ3n) is 4.92. The van der Waals surface area contributed by atoms with Gasteiger partial charge in [-0.25, -0.2) is 0 Å². The number of piperidine rings is 2. The average Bonchev–Trinajstić information content (AvgIpc) is 2.48. The van der Waals surface area contributed by atoms with Gasteiger partial charge in [-0.15, -0.1) is 0 Å². The molecule has 0 saturated carbocycles. The van der Waals surface area contributed by atoms with E-state index in [4.69, 9.17) is 0 Å². The quantitative estimate of drug-likeness (QED) is 0.831. The summed E-state index contributed by atoms with van der Waals surface area (Å²) < 4.78 is 0. The number of likely N-dealkylation sites (N-methyl/N-ethyl adjacent to an activating group) is 1. The maximum Gasteiger partial charge on any atom is 0.236 e. The number of nitrogens with one attached hydrogen (secondary N) is 1. The smallest absolute Gasteiger partial charge is 0.236 e. The Morgan fingerprint density at radius 2 is 1.85 bits per heavy atom. The van der Waals surface area contributed by atoms with Gasteiger partial charge in [-0.3, -0.25) is 9.69 Å². The summed E-state index contributed by atoms with van der Waals surface area (Å²) in [5.41, 5.74) is 0. The Labute approximate surface area is 123 Å². The predicted octanol–water partition coefficient (Wildman–Crippen LogP) is 1.57. The zero-order chi connectivity index (χ0) is 14.4. The predicted molar refractivity (Wildman–Crippen MR) is 82.7 cm³/mol. The van der Waals surface area contributed by atoms with E-state index in [1.54, 1.807) is 0 Å². The Bertz CT molecular complexity index is 294. The summed E-state index contributed by atoms with van der Waals surface area (Å²) >= 11 is 0. The van der Waals surface area contributed by atoms with Gasteiger partial charge in [-0.2, -0.15) is 0 Å². The molecule has 2 aliphatic rings. The second-order valence-corrected chi connectivity index (χ2v) is 6.58. The van der Waals surface area contributed by atoms with Gasteiger partial charge in [0.25, 0.3) is 0 Å². The zero-order valence-corrected chi connectivity index (χ0v) is 13.2. The van der Waals surface area contributed by atoms with E-state index in [2.05, 4.69) is 29.0 Å². The van der Waals surface area contributed by atoms with E-state index in [9.17, 15) is 4.79 Å². The summed E-state index contributed by atoms with van der Waals surface area (Å²) in [6.07, 6.45) is 4.86. The molecule has 0 atom stereocenters. The van der Waals surface area contributed by atoms with Crippen LogP contribution in [0.2, 0.25) is 0 Å². The number of hydrogen-bond donors (Lipinski definition) is 1. The highest BCUT2D eigenvalue weighted by molar-refractivity contribution is 5.78. The molecule has 0 aromatic carbocycles. The van der Waals surface area contributed by atoms with Crippen LogP contribution in [0.5, 0.6) is 0 Å². The van der Waals surface area contributed by atoms with Crippen LogP contribution in [0.3, 0.4) is 0 Å². The van der Waals surface area contributed by atoms with Gasteiger partial charge >= 0.3 is 0 Å². The molecule has 0 spiro atoms. The lowest BCUT2D eigenvalue weighted by molar-refractivity contribution is -0.133. The van der Waals surface area contributed by atoms with Gasteiger partial charge in [-0.1, -0.05) is 13.8 Å². The monoisotopic (exact) mass is 281 g/mol.